The van der Waals surface area contributed by atoms with Gasteiger partial charge in [0.15, 0.2) is 0 Å². The molecule has 1 aromatic heterocycles. The van der Waals surface area contributed by atoms with Crippen LogP contribution < -0.4 is 5.32 Å². The summed E-state index contributed by atoms with van der Waals surface area (Å²) in [7, 11) is 0. The van der Waals surface area contributed by atoms with Crippen molar-refractivity contribution in [2.24, 2.45) is 0 Å². The molecule has 0 aliphatic heterocycles. The Morgan fingerprint density at radius 3 is 2.62 bits per heavy atom. The molecule has 0 atom stereocenters. The second kappa shape index (κ2) is 9.85. The number of nitrogens with one attached hydrogen (secondary N) is 1. The average molecular weight is 292 g/mol. The van der Waals surface area contributed by atoms with Crippen LogP contribution in [0.4, 0.5) is 0 Å². The van der Waals surface area contributed by atoms with Crippen LogP contribution >= 0.6 is 0 Å². The lowest BCUT2D eigenvalue weighted by molar-refractivity contribution is -0.121. The van der Waals surface area contributed by atoms with Gasteiger partial charge in [0.1, 0.15) is 5.69 Å². The van der Waals surface area contributed by atoms with E-state index in [4.69, 9.17) is 0 Å². The maximum Gasteiger partial charge on any atom is 0.274 e. The fourth-order valence-electron chi connectivity index (χ4n) is 1.82. The molecule has 1 rings (SSSR count). The fraction of sp³-hybridized carbons (Fsp3) is 0.600. The molecule has 21 heavy (non-hydrogen) atoms. The van der Waals surface area contributed by atoms with Gasteiger partial charge in [0, 0.05) is 38.4 Å². The molecule has 0 aliphatic rings. The van der Waals surface area contributed by atoms with E-state index in [0.717, 1.165) is 19.3 Å². The molecule has 0 aromatic carbocycles. The van der Waals surface area contributed by atoms with Crippen molar-refractivity contribution in [1.29, 1.82) is 0 Å². The van der Waals surface area contributed by atoms with Gasteiger partial charge in [0.05, 0.1) is 6.20 Å². The van der Waals surface area contributed by atoms with Crippen LogP contribution in [0.25, 0.3) is 0 Å². The van der Waals surface area contributed by atoms with Crippen molar-refractivity contribution >= 4 is 11.8 Å². The molecule has 1 heterocycles. The third-order valence-corrected chi connectivity index (χ3v) is 3.03. The van der Waals surface area contributed by atoms with E-state index < -0.39 is 0 Å². The van der Waals surface area contributed by atoms with Crippen molar-refractivity contribution in [3.63, 3.8) is 0 Å². The number of unbranched alkanes of at least 4 members (excludes halogenated alkanes) is 1. The van der Waals surface area contributed by atoms with Gasteiger partial charge in [-0.15, -0.1) is 0 Å². The zero-order valence-corrected chi connectivity index (χ0v) is 12.8. The molecule has 0 saturated heterocycles. The molecule has 0 radical (unpaired) electrons. The first-order valence-corrected chi connectivity index (χ1v) is 7.51. The van der Waals surface area contributed by atoms with Crippen LogP contribution in [0, 0.1) is 0 Å². The standard InChI is InChI=1S/C15H24N4O2/c1-3-5-10-19(11-6-14(20)18-7-4-2)15(21)13-12-16-8-9-17-13/h8-9,12H,3-7,10-11H2,1-2H3,(H,18,20). The largest absolute Gasteiger partial charge is 0.356 e. The van der Waals surface area contributed by atoms with Crippen LogP contribution in [0.1, 0.15) is 50.0 Å². The molecule has 6 nitrogen and oxygen atoms in total. The summed E-state index contributed by atoms with van der Waals surface area (Å²) in [4.78, 5) is 33.7. The van der Waals surface area contributed by atoms with Crippen molar-refractivity contribution in [3.05, 3.63) is 24.3 Å². The van der Waals surface area contributed by atoms with Crippen molar-refractivity contribution < 1.29 is 9.59 Å². The smallest absolute Gasteiger partial charge is 0.274 e. The topological polar surface area (TPSA) is 75.2 Å². The lowest BCUT2D eigenvalue weighted by atomic mass is 10.2. The van der Waals surface area contributed by atoms with Crippen LogP contribution in [0.3, 0.4) is 0 Å². The predicted molar refractivity (Wildman–Crippen MR) is 80.8 cm³/mol. The molecule has 1 aromatic rings. The molecule has 0 spiro atoms. The van der Waals surface area contributed by atoms with Crippen molar-refractivity contribution in [1.82, 2.24) is 20.2 Å². The summed E-state index contributed by atoms with van der Waals surface area (Å²) in [6.45, 7) is 5.79. The molecule has 2 amide bonds. The maximum absolute atomic E-state index is 12.4. The average Bonchev–Trinajstić information content (AvgIpc) is 2.53. The Bertz CT molecular complexity index is 437. The molecule has 0 bridgehead atoms. The number of carbonyl (C=O) groups excluding carboxylic acids is 2. The maximum atomic E-state index is 12.4. The first-order chi connectivity index (χ1) is 10.2. The van der Waals surface area contributed by atoms with Gasteiger partial charge in [-0.3, -0.25) is 14.6 Å². The summed E-state index contributed by atoms with van der Waals surface area (Å²) >= 11 is 0. The number of rotatable bonds is 9. The lowest BCUT2D eigenvalue weighted by Gasteiger charge is -2.21. The van der Waals surface area contributed by atoms with E-state index in [2.05, 4.69) is 22.2 Å². The van der Waals surface area contributed by atoms with Crippen LogP contribution in [-0.2, 0) is 4.79 Å². The van der Waals surface area contributed by atoms with E-state index in [-0.39, 0.29) is 11.8 Å². The zero-order chi connectivity index (χ0) is 15.5. The highest BCUT2D eigenvalue weighted by molar-refractivity contribution is 5.92. The zero-order valence-electron chi connectivity index (χ0n) is 12.8. The van der Waals surface area contributed by atoms with Gasteiger partial charge in [-0.25, -0.2) is 4.98 Å². The van der Waals surface area contributed by atoms with Gasteiger partial charge in [-0.1, -0.05) is 20.3 Å². The van der Waals surface area contributed by atoms with Crippen molar-refractivity contribution in [2.45, 2.75) is 39.5 Å². The van der Waals surface area contributed by atoms with E-state index in [9.17, 15) is 9.59 Å². The molecule has 0 fully saturated rings. The molecule has 0 unspecified atom stereocenters. The van der Waals surface area contributed by atoms with E-state index in [1.807, 2.05) is 6.92 Å². The highest BCUT2D eigenvalue weighted by atomic mass is 16.2. The summed E-state index contributed by atoms with van der Waals surface area (Å²) in [5.74, 6) is -0.190. The van der Waals surface area contributed by atoms with Gasteiger partial charge >= 0.3 is 0 Å². The summed E-state index contributed by atoms with van der Waals surface area (Å²) in [5.41, 5.74) is 0.322. The van der Waals surface area contributed by atoms with Crippen LogP contribution in [-0.4, -0.2) is 46.3 Å². The predicted octanol–water partition coefficient (Wildman–Crippen LogP) is 1.64. The Morgan fingerprint density at radius 2 is 2.00 bits per heavy atom. The summed E-state index contributed by atoms with van der Waals surface area (Å²) in [6.07, 6.45) is 7.61. The minimum absolute atomic E-state index is 0.0229. The number of hydrogen-bond acceptors (Lipinski definition) is 4. The summed E-state index contributed by atoms with van der Waals surface area (Å²) in [5, 5.41) is 2.82. The number of hydrogen-bond donors (Lipinski definition) is 1. The molecular formula is C15H24N4O2. The SMILES string of the molecule is CCCCN(CCC(=O)NCCC)C(=O)c1cnccn1. The van der Waals surface area contributed by atoms with E-state index in [1.165, 1.54) is 18.6 Å². The molecular weight excluding hydrogens is 268 g/mol. The molecule has 0 saturated carbocycles. The highest BCUT2D eigenvalue weighted by Crippen LogP contribution is 2.04. The second-order valence-corrected chi connectivity index (χ2v) is 4.84. The summed E-state index contributed by atoms with van der Waals surface area (Å²) in [6, 6.07) is 0. The third kappa shape index (κ3) is 6.33. The monoisotopic (exact) mass is 292 g/mol. The Kier molecular flexibility index (Phi) is 8.01. The fourth-order valence-corrected chi connectivity index (χ4v) is 1.82. The second-order valence-electron chi connectivity index (χ2n) is 4.84. The van der Waals surface area contributed by atoms with Gasteiger partial charge in [0.2, 0.25) is 5.91 Å². The van der Waals surface area contributed by atoms with Gasteiger partial charge in [-0.05, 0) is 12.8 Å². The highest BCUT2D eigenvalue weighted by Gasteiger charge is 2.17. The molecule has 0 aliphatic carbocycles. The van der Waals surface area contributed by atoms with Crippen molar-refractivity contribution in [2.75, 3.05) is 19.6 Å². The quantitative estimate of drug-likeness (QED) is 0.750. The lowest BCUT2D eigenvalue weighted by Crippen LogP contribution is -2.36. The molecule has 1 N–H and O–H groups in total. The van der Waals surface area contributed by atoms with Gasteiger partial charge in [0.25, 0.3) is 5.91 Å². The van der Waals surface area contributed by atoms with Crippen LogP contribution in [0.5, 0.6) is 0 Å². The Balaban J connectivity index is 2.58. The van der Waals surface area contributed by atoms with Gasteiger partial charge < -0.3 is 10.2 Å². The van der Waals surface area contributed by atoms with Crippen LogP contribution in [0.15, 0.2) is 18.6 Å². The number of nitrogens with zero attached hydrogens (tertiary/aromatic N) is 3. The minimum Gasteiger partial charge on any atom is -0.356 e. The summed E-state index contributed by atoms with van der Waals surface area (Å²) < 4.78 is 0. The number of aromatic nitrogens is 2. The minimum atomic E-state index is -0.167. The third-order valence-electron chi connectivity index (χ3n) is 3.03. The Labute approximate surface area is 126 Å². The van der Waals surface area contributed by atoms with Crippen LogP contribution in [0.2, 0.25) is 0 Å². The molecule has 116 valence electrons. The number of carbonyl (C=O) groups is 2. The van der Waals surface area contributed by atoms with E-state index in [1.54, 1.807) is 4.90 Å². The van der Waals surface area contributed by atoms with Crippen molar-refractivity contribution in [3.8, 4) is 0 Å². The normalized spacial score (nSPS) is 10.2. The first kappa shape index (κ1) is 17.1. The first-order valence-electron chi connectivity index (χ1n) is 7.51. The van der Waals surface area contributed by atoms with E-state index in [0.29, 0.717) is 31.7 Å². The number of amides is 2. The van der Waals surface area contributed by atoms with E-state index >= 15 is 0 Å². The molecule has 6 heteroatoms. The Hall–Kier alpha value is -1.98. The van der Waals surface area contributed by atoms with Gasteiger partial charge in [-0.2, -0.15) is 0 Å². The Morgan fingerprint density at radius 1 is 1.19 bits per heavy atom.